The van der Waals surface area contributed by atoms with Crippen molar-refractivity contribution < 1.29 is 9.59 Å². The van der Waals surface area contributed by atoms with Crippen molar-refractivity contribution in [1.82, 2.24) is 20.4 Å². The molecule has 2 N–H and O–H groups in total. The molecule has 2 heterocycles. The Bertz CT molecular complexity index is 631. The third kappa shape index (κ3) is 3.37. The second kappa shape index (κ2) is 7.62. The lowest BCUT2D eigenvalue weighted by atomic mass is 9.85. The topological polar surface area (TPSA) is 77.0 Å². The smallest absolute Gasteiger partial charge is 0.233 e. The summed E-state index contributed by atoms with van der Waals surface area (Å²) >= 11 is 0. The maximum Gasteiger partial charge on any atom is 0.233 e. The molecule has 0 aromatic rings. The largest absolute Gasteiger partial charge is 0.356 e. The predicted molar refractivity (Wildman–Crippen MR) is 104 cm³/mol. The Morgan fingerprint density at radius 3 is 2.48 bits per heavy atom. The van der Waals surface area contributed by atoms with Gasteiger partial charge in [0.05, 0.1) is 11.8 Å². The van der Waals surface area contributed by atoms with E-state index in [0.717, 1.165) is 32.0 Å². The number of amides is 2. The molecule has 5 atom stereocenters. The molecule has 4 aliphatic rings. The standard InChI is InChI=1S/C20H31N5O2/c1-3-24-8-6-13(12-24)11-23-20(21-2)22-7-9-25-18(26)16-14-4-5-15(10-14)17(16)19(25)27/h4-5,13-17H,3,6-12H2,1-2H3,(H2,21,22,23). The molecule has 2 bridgehead atoms. The summed E-state index contributed by atoms with van der Waals surface area (Å²) in [6.45, 7) is 7.47. The van der Waals surface area contributed by atoms with Gasteiger partial charge in [-0.2, -0.15) is 0 Å². The highest BCUT2D eigenvalue weighted by molar-refractivity contribution is 6.06. The number of hydrogen-bond donors (Lipinski definition) is 2. The van der Waals surface area contributed by atoms with Crippen LogP contribution in [0.15, 0.2) is 17.1 Å². The summed E-state index contributed by atoms with van der Waals surface area (Å²) in [5.74, 6) is 1.78. The van der Waals surface area contributed by atoms with Crippen molar-refractivity contribution in [3.63, 3.8) is 0 Å². The van der Waals surface area contributed by atoms with Gasteiger partial charge in [-0.3, -0.25) is 19.5 Å². The number of carbonyl (C=O) groups excluding carboxylic acids is 2. The Balaban J connectivity index is 1.22. The number of hydrogen-bond acceptors (Lipinski definition) is 4. The first-order chi connectivity index (χ1) is 13.1. The summed E-state index contributed by atoms with van der Waals surface area (Å²) in [5.41, 5.74) is 0. The Hall–Kier alpha value is -1.89. The SMILES string of the molecule is CCN1CCC(CNC(=NC)NCCN2C(=O)C3C4C=CC(C4)C3C2=O)C1. The highest BCUT2D eigenvalue weighted by atomic mass is 16.2. The zero-order valence-electron chi connectivity index (χ0n) is 16.4. The van der Waals surface area contributed by atoms with Crippen LogP contribution in [-0.4, -0.2) is 73.9 Å². The molecular formula is C20H31N5O2. The van der Waals surface area contributed by atoms with Crippen LogP contribution >= 0.6 is 0 Å². The fraction of sp³-hybridized carbons (Fsp3) is 0.750. The summed E-state index contributed by atoms with van der Waals surface area (Å²) in [7, 11) is 1.75. The van der Waals surface area contributed by atoms with Gasteiger partial charge in [0.2, 0.25) is 11.8 Å². The summed E-state index contributed by atoms with van der Waals surface area (Å²) in [5, 5.41) is 6.64. The molecule has 7 heteroatoms. The van der Waals surface area contributed by atoms with Crippen molar-refractivity contribution in [2.75, 3.05) is 46.3 Å². The fourth-order valence-electron chi connectivity index (χ4n) is 5.30. The van der Waals surface area contributed by atoms with Gasteiger partial charge in [0.1, 0.15) is 0 Å². The number of guanidine groups is 1. The molecular weight excluding hydrogens is 342 g/mol. The van der Waals surface area contributed by atoms with Gasteiger partial charge in [-0.05, 0) is 43.7 Å². The van der Waals surface area contributed by atoms with Crippen LogP contribution in [0.3, 0.4) is 0 Å². The van der Waals surface area contributed by atoms with Crippen molar-refractivity contribution in [3.05, 3.63) is 12.2 Å². The van der Waals surface area contributed by atoms with Crippen LogP contribution in [0.25, 0.3) is 0 Å². The Labute approximate surface area is 161 Å². The minimum absolute atomic E-state index is 0.0252. The normalized spacial score (nSPS) is 35.4. The van der Waals surface area contributed by atoms with Gasteiger partial charge < -0.3 is 15.5 Å². The third-order valence-corrected chi connectivity index (χ3v) is 6.79. The van der Waals surface area contributed by atoms with Crippen molar-refractivity contribution in [2.45, 2.75) is 19.8 Å². The van der Waals surface area contributed by atoms with Crippen LogP contribution in [0, 0.1) is 29.6 Å². The monoisotopic (exact) mass is 373 g/mol. The van der Waals surface area contributed by atoms with Crippen molar-refractivity contribution in [1.29, 1.82) is 0 Å². The lowest BCUT2D eigenvalue weighted by Crippen LogP contribution is -2.44. The van der Waals surface area contributed by atoms with E-state index in [1.54, 1.807) is 7.05 Å². The zero-order chi connectivity index (χ0) is 19.0. The number of nitrogens with one attached hydrogen (secondary N) is 2. The summed E-state index contributed by atoms with van der Waals surface area (Å²) in [4.78, 5) is 33.6. The number of rotatable bonds is 6. The number of imide groups is 1. The first-order valence-electron chi connectivity index (χ1n) is 10.3. The summed E-state index contributed by atoms with van der Waals surface area (Å²) < 4.78 is 0. The van der Waals surface area contributed by atoms with E-state index in [1.807, 2.05) is 0 Å². The molecule has 2 saturated heterocycles. The molecule has 2 amide bonds. The average molecular weight is 374 g/mol. The molecule has 7 nitrogen and oxygen atoms in total. The number of fused-ring (bicyclic) bond motifs is 5. The average Bonchev–Trinajstić information content (AvgIpc) is 3.44. The predicted octanol–water partition coefficient (Wildman–Crippen LogP) is 0.300. The van der Waals surface area contributed by atoms with Crippen molar-refractivity contribution >= 4 is 17.8 Å². The lowest BCUT2D eigenvalue weighted by molar-refractivity contribution is -0.140. The first kappa shape index (κ1) is 18.5. The van der Waals surface area contributed by atoms with E-state index >= 15 is 0 Å². The van der Waals surface area contributed by atoms with E-state index in [1.165, 1.54) is 17.9 Å². The molecule has 5 unspecified atom stereocenters. The molecule has 148 valence electrons. The van der Waals surface area contributed by atoms with Gasteiger partial charge in [-0.25, -0.2) is 0 Å². The van der Waals surface area contributed by atoms with Gasteiger partial charge in [-0.15, -0.1) is 0 Å². The highest BCUT2D eigenvalue weighted by Gasteiger charge is 2.58. The third-order valence-electron chi connectivity index (χ3n) is 6.79. The number of aliphatic imine (C=N–C) groups is 1. The number of likely N-dealkylation sites (tertiary alicyclic amines) is 2. The van der Waals surface area contributed by atoms with Gasteiger partial charge >= 0.3 is 0 Å². The van der Waals surface area contributed by atoms with Crippen LogP contribution < -0.4 is 10.6 Å². The van der Waals surface area contributed by atoms with Crippen LogP contribution in [0.5, 0.6) is 0 Å². The number of nitrogens with zero attached hydrogens (tertiary/aromatic N) is 3. The lowest BCUT2D eigenvalue weighted by Gasteiger charge is -2.19. The Morgan fingerprint density at radius 2 is 1.89 bits per heavy atom. The van der Waals surface area contributed by atoms with E-state index in [2.05, 4.69) is 39.6 Å². The molecule has 0 radical (unpaired) electrons. The van der Waals surface area contributed by atoms with Crippen molar-refractivity contribution in [3.8, 4) is 0 Å². The van der Waals surface area contributed by atoms with E-state index in [0.29, 0.717) is 19.0 Å². The van der Waals surface area contributed by atoms with E-state index in [-0.39, 0.29) is 35.5 Å². The first-order valence-corrected chi connectivity index (χ1v) is 10.3. The Morgan fingerprint density at radius 1 is 1.19 bits per heavy atom. The van der Waals surface area contributed by atoms with E-state index in [4.69, 9.17) is 0 Å². The summed E-state index contributed by atoms with van der Waals surface area (Å²) in [6.07, 6.45) is 6.46. The van der Waals surface area contributed by atoms with Crippen LogP contribution in [0.4, 0.5) is 0 Å². The zero-order valence-corrected chi connectivity index (χ0v) is 16.4. The van der Waals surface area contributed by atoms with Gasteiger partial charge in [-0.1, -0.05) is 19.1 Å². The van der Waals surface area contributed by atoms with Crippen LogP contribution in [0.2, 0.25) is 0 Å². The van der Waals surface area contributed by atoms with Crippen LogP contribution in [-0.2, 0) is 9.59 Å². The second-order valence-electron chi connectivity index (χ2n) is 8.26. The van der Waals surface area contributed by atoms with E-state index < -0.39 is 0 Å². The van der Waals surface area contributed by atoms with Gasteiger partial charge in [0, 0.05) is 33.2 Å². The molecule has 27 heavy (non-hydrogen) atoms. The molecule has 1 saturated carbocycles. The minimum atomic E-state index is -0.103. The molecule has 4 rings (SSSR count). The summed E-state index contributed by atoms with van der Waals surface area (Å²) in [6, 6.07) is 0. The second-order valence-corrected chi connectivity index (χ2v) is 8.26. The van der Waals surface area contributed by atoms with Crippen LogP contribution in [0.1, 0.15) is 19.8 Å². The quantitative estimate of drug-likeness (QED) is 0.303. The molecule has 0 spiro atoms. The van der Waals surface area contributed by atoms with E-state index in [9.17, 15) is 9.59 Å². The molecule has 2 aliphatic heterocycles. The number of carbonyl (C=O) groups is 2. The fourth-order valence-corrected chi connectivity index (χ4v) is 5.30. The maximum atomic E-state index is 12.7. The number of allylic oxidation sites excluding steroid dienone is 2. The molecule has 2 aliphatic carbocycles. The Kier molecular flexibility index (Phi) is 5.21. The van der Waals surface area contributed by atoms with Gasteiger partial charge in [0.15, 0.2) is 5.96 Å². The van der Waals surface area contributed by atoms with Gasteiger partial charge in [0.25, 0.3) is 0 Å². The highest BCUT2D eigenvalue weighted by Crippen LogP contribution is 2.52. The molecule has 0 aromatic carbocycles. The molecule has 3 fully saturated rings. The molecule has 0 aromatic heterocycles. The van der Waals surface area contributed by atoms with Crippen molar-refractivity contribution in [2.24, 2.45) is 34.6 Å². The minimum Gasteiger partial charge on any atom is -0.356 e. The maximum absolute atomic E-state index is 12.7.